The maximum atomic E-state index is 12.5. The first-order valence-corrected chi connectivity index (χ1v) is 8.51. The number of aromatic nitrogens is 1. The monoisotopic (exact) mass is 329 g/mol. The summed E-state index contributed by atoms with van der Waals surface area (Å²) in [5.74, 6) is 0.116. The molecule has 0 unspecified atom stereocenters. The van der Waals surface area contributed by atoms with Gasteiger partial charge in [0.15, 0.2) is 0 Å². The fraction of sp³-hybridized carbons (Fsp3) is 0.588. The van der Waals surface area contributed by atoms with Crippen molar-refractivity contribution in [2.24, 2.45) is 0 Å². The maximum Gasteiger partial charge on any atom is 0.270 e. The molecule has 0 radical (unpaired) electrons. The van der Waals surface area contributed by atoms with Crippen LogP contribution >= 0.6 is 0 Å². The third-order valence-corrected chi connectivity index (χ3v) is 4.97. The highest BCUT2D eigenvalue weighted by Gasteiger charge is 2.31. The van der Waals surface area contributed by atoms with Crippen molar-refractivity contribution >= 4 is 11.8 Å². The largest absolute Gasteiger partial charge is 0.356 e. The summed E-state index contributed by atoms with van der Waals surface area (Å²) in [4.78, 5) is 33.7. The smallest absolute Gasteiger partial charge is 0.270 e. The Morgan fingerprint density at radius 1 is 1.12 bits per heavy atom. The van der Waals surface area contributed by atoms with E-state index in [1.165, 1.54) is 0 Å². The summed E-state index contributed by atoms with van der Waals surface area (Å²) in [5.41, 5.74) is 0.906. The van der Waals surface area contributed by atoms with E-state index in [2.05, 4.69) is 9.88 Å². The number of hydrogen-bond acceptors (Lipinski definition) is 4. The molecular weight excluding hydrogens is 306 g/mol. The van der Waals surface area contributed by atoms with Crippen LogP contribution in [0, 0.1) is 11.3 Å². The van der Waals surface area contributed by atoms with Crippen molar-refractivity contribution in [3.63, 3.8) is 0 Å². The average Bonchev–Trinajstić information content (AvgIpc) is 3.31. The highest BCUT2D eigenvalue weighted by Crippen LogP contribution is 2.15. The van der Waals surface area contributed by atoms with Gasteiger partial charge in [0.05, 0.1) is 11.6 Å². The molecule has 24 heavy (non-hydrogen) atoms. The van der Waals surface area contributed by atoms with Crippen LogP contribution in [0.3, 0.4) is 0 Å². The van der Waals surface area contributed by atoms with E-state index in [1.807, 2.05) is 17.9 Å². The number of amides is 2. The molecule has 2 fully saturated rings. The highest BCUT2D eigenvalue weighted by molar-refractivity contribution is 5.93. The van der Waals surface area contributed by atoms with Crippen molar-refractivity contribution in [3.05, 3.63) is 23.5 Å². The molecule has 1 aromatic rings. The fourth-order valence-electron chi connectivity index (χ4n) is 3.42. The fourth-order valence-corrected chi connectivity index (χ4v) is 3.42. The van der Waals surface area contributed by atoms with Crippen LogP contribution < -0.4 is 0 Å². The molecule has 1 N–H and O–H groups in total. The van der Waals surface area contributed by atoms with Crippen molar-refractivity contribution in [2.75, 3.05) is 39.3 Å². The van der Waals surface area contributed by atoms with Gasteiger partial charge in [-0.2, -0.15) is 5.26 Å². The van der Waals surface area contributed by atoms with Gasteiger partial charge < -0.3 is 14.8 Å². The van der Waals surface area contributed by atoms with Crippen LogP contribution in [0.2, 0.25) is 0 Å². The number of piperazine rings is 1. The lowest BCUT2D eigenvalue weighted by Gasteiger charge is -2.38. The summed E-state index contributed by atoms with van der Waals surface area (Å²) in [6.45, 7) is 6.28. The molecule has 0 spiro atoms. The number of hydrogen-bond donors (Lipinski definition) is 1. The second kappa shape index (κ2) is 7.05. The summed E-state index contributed by atoms with van der Waals surface area (Å²) in [7, 11) is 0. The molecule has 7 heteroatoms. The number of nitriles is 1. The molecule has 7 nitrogen and oxygen atoms in total. The van der Waals surface area contributed by atoms with Crippen LogP contribution in [0.25, 0.3) is 0 Å². The molecule has 2 aliphatic rings. The number of aromatic amines is 1. The molecule has 128 valence electrons. The Kier molecular flexibility index (Phi) is 4.86. The molecule has 0 aliphatic carbocycles. The van der Waals surface area contributed by atoms with Gasteiger partial charge in [-0.15, -0.1) is 0 Å². The highest BCUT2D eigenvalue weighted by atomic mass is 16.2. The number of nitrogens with zero attached hydrogens (tertiary/aromatic N) is 4. The predicted molar refractivity (Wildman–Crippen MR) is 88.3 cm³/mol. The molecule has 0 saturated carbocycles. The summed E-state index contributed by atoms with van der Waals surface area (Å²) in [6.07, 6.45) is 3.74. The van der Waals surface area contributed by atoms with Crippen molar-refractivity contribution < 1.29 is 9.59 Å². The molecule has 3 rings (SSSR count). The molecule has 2 saturated heterocycles. The van der Waals surface area contributed by atoms with Gasteiger partial charge in [-0.3, -0.25) is 14.5 Å². The van der Waals surface area contributed by atoms with E-state index in [9.17, 15) is 9.59 Å². The standard InChI is InChI=1S/C17H23N5O2/c1-13(16(23)21-4-2-3-5-21)20-6-8-22(9-7-20)17(24)15-10-14(11-18)12-19-15/h10,12-13,19H,2-9H2,1H3/t13-/m0/s1. The van der Waals surface area contributed by atoms with E-state index < -0.39 is 0 Å². The molecule has 1 atom stereocenters. The van der Waals surface area contributed by atoms with Gasteiger partial charge >= 0.3 is 0 Å². The summed E-state index contributed by atoms with van der Waals surface area (Å²) in [6, 6.07) is 3.46. The molecular formula is C17H23N5O2. The van der Waals surface area contributed by atoms with Gasteiger partial charge in [0.25, 0.3) is 5.91 Å². The zero-order chi connectivity index (χ0) is 17.1. The number of nitrogens with one attached hydrogen (secondary N) is 1. The van der Waals surface area contributed by atoms with E-state index in [-0.39, 0.29) is 17.9 Å². The Morgan fingerprint density at radius 3 is 2.38 bits per heavy atom. The Labute approximate surface area is 141 Å². The summed E-state index contributed by atoms with van der Waals surface area (Å²) in [5, 5.41) is 8.84. The molecule has 2 aliphatic heterocycles. The van der Waals surface area contributed by atoms with Crippen LogP contribution in [-0.4, -0.2) is 76.8 Å². The molecule has 3 heterocycles. The first-order valence-electron chi connectivity index (χ1n) is 8.51. The minimum atomic E-state index is -0.129. The number of likely N-dealkylation sites (tertiary alicyclic amines) is 1. The molecule has 2 amide bonds. The molecule has 0 aromatic carbocycles. The second-order valence-electron chi connectivity index (χ2n) is 6.45. The molecule has 0 bridgehead atoms. The lowest BCUT2D eigenvalue weighted by molar-refractivity contribution is -0.135. The van der Waals surface area contributed by atoms with Crippen LogP contribution in [0.5, 0.6) is 0 Å². The Bertz CT molecular complexity index is 648. The number of carbonyl (C=O) groups excluding carboxylic acids is 2. The van der Waals surface area contributed by atoms with Gasteiger partial charge in [-0.05, 0) is 25.8 Å². The minimum absolute atomic E-state index is 0.0883. The number of rotatable bonds is 3. The first kappa shape index (κ1) is 16.5. The van der Waals surface area contributed by atoms with E-state index in [4.69, 9.17) is 5.26 Å². The second-order valence-corrected chi connectivity index (χ2v) is 6.45. The van der Waals surface area contributed by atoms with Gasteiger partial charge in [-0.1, -0.05) is 0 Å². The zero-order valence-electron chi connectivity index (χ0n) is 14.0. The topological polar surface area (TPSA) is 83.4 Å². The number of H-pyrrole nitrogens is 1. The van der Waals surface area contributed by atoms with E-state index in [0.717, 1.165) is 25.9 Å². The maximum absolute atomic E-state index is 12.5. The average molecular weight is 329 g/mol. The van der Waals surface area contributed by atoms with Gasteiger partial charge in [0, 0.05) is 45.5 Å². The normalized spacial score (nSPS) is 20.0. The SMILES string of the molecule is C[C@@H](C(=O)N1CCCC1)N1CCN(C(=O)c2cc(C#N)c[nH]2)CC1. The van der Waals surface area contributed by atoms with Gasteiger partial charge in [-0.25, -0.2) is 0 Å². The molecule has 1 aromatic heterocycles. The van der Waals surface area contributed by atoms with Gasteiger partial charge in [0.1, 0.15) is 11.8 Å². The van der Waals surface area contributed by atoms with Crippen LogP contribution in [0.1, 0.15) is 35.8 Å². The summed E-state index contributed by atoms with van der Waals surface area (Å²) >= 11 is 0. The Hall–Kier alpha value is -2.33. The van der Waals surface area contributed by atoms with Gasteiger partial charge in [0.2, 0.25) is 5.91 Å². The van der Waals surface area contributed by atoms with Crippen molar-refractivity contribution in [3.8, 4) is 6.07 Å². The Morgan fingerprint density at radius 2 is 1.79 bits per heavy atom. The van der Waals surface area contributed by atoms with Crippen molar-refractivity contribution in [1.29, 1.82) is 5.26 Å². The summed E-state index contributed by atoms with van der Waals surface area (Å²) < 4.78 is 0. The quantitative estimate of drug-likeness (QED) is 0.883. The van der Waals surface area contributed by atoms with E-state index >= 15 is 0 Å². The third-order valence-electron chi connectivity index (χ3n) is 4.97. The van der Waals surface area contributed by atoms with E-state index in [0.29, 0.717) is 37.4 Å². The van der Waals surface area contributed by atoms with Crippen LogP contribution in [0.4, 0.5) is 0 Å². The zero-order valence-corrected chi connectivity index (χ0v) is 14.0. The minimum Gasteiger partial charge on any atom is -0.356 e. The number of carbonyl (C=O) groups is 2. The lowest BCUT2D eigenvalue weighted by Crippen LogP contribution is -2.55. The van der Waals surface area contributed by atoms with Crippen molar-refractivity contribution in [2.45, 2.75) is 25.8 Å². The Balaban J connectivity index is 1.54. The van der Waals surface area contributed by atoms with Crippen LogP contribution in [-0.2, 0) is 4.79 Å². The van der Waals surface area contributed by atoms with Crippen LogP contribution in [0.15, 0.2) is 12.3 Å². The third kappa shape index (κ3) is 3.29. The predicted octanol–water partition coefficient (Wildman–Crippen LogP) is 0.655. The van der Waals surface area contributed by atoms with E-state index in [1.54, 1.807) is 17.2 Å². The first-order chi connectivity index (χ1) is 11.6. The van der Waals surface area contributed by atoms with Crippen molar-refractivity contribution in [1.82, 2.24) is 19.7 Å². The lowest BCUT2D eigenvalue weighted by atomic mass is 10.2.